The molecule has 0 aliphatic carbocycles. The number of nitrogens with one attached hydrogen (secondary N) is 1. The van der Waals surface area contributed by atoms with E-state index in [1.165, 1.54) is 27.2 Å². The number of benzene rings is 2. The van der Waals surface area contributed by atoms with Gasteiger partial charge in [-0.2, -0.15) is 4.37 Å². The number of fused-ring (bicyclic) bond motifs is 1. The Morgan fingerprint density at radius 2 is 2.04 bits per heavy atom. The molecular weight excluding hydrogens is 392 g/mol. The van der Waals surface area contributed by atoms with Crippen LogP contribution in [0.1, 0.15) is 17.2 Å². The Morgan fingerprint density at radius 3 is 2.78 bits per heavy atom. The summed E-state index contributed by atoms with van der Waals surface area (Å²) in [6, 6.07) is 14.3. The molecule has 1 unspecified atom stereocenters. The van der Waals surface area contributed by atoms with Gasteiger partial charge < -0.3 is 5.32 Å². The van der Waals surface area contributed by atoms with Crippen molar-refractivity contribution in [3.63, 3.8) is 0 Å². The van der Waals surface area contributed by atoms with Crippen molar-refractivity contribution in [2.45, 2.75) is 5.92 Å². The van der Waals surface area contributed by atoms with Crippen molar-refractivity contribution in [1.29, 1.82) is 0 Å². The third kappa shape index (κ3) is 3.83. The van der Waals surface area contributed by atoms with Crippen LogP contribution in [0.25, 0.3) is 10.1 Å². The van der Waals surface area contributed by atoms with Gasteiger partial charge in [0.1, 0.15) is 0 Å². The summed E-state index contributed by atoms with van der Waals surface area (Å²) in [5.74, 6) is 0.183. The van der Waals surface area contributed by atoms with E-state index in [9.17, 15) is 0 Å². The maximum atomic E-state index is 6.03. The SMILES string of the molecule is C=CCNCC(c1ccc(Cl)cc1)c1nsc2cc(Br)ccc12. The standard InChI is InChI=1S/C18H16BrClN2S/c1-2-9-21-11-16(12-3-6-14(20)7-4-12)18-15-8-5-13(19)10-17(15)23-22-18/h2-8,10,16,21H,1,9,11H2. The average molecular weight is 408 g/mol. The monoisotopic (exact) mass is 406 g/mol. The van der Waals surface area contributed by atoms with Gasteiger partial charge in [-0.1, -0.05) is 51.8 Å². The number of hydrogen-bond donors (Lipinski definition) is 1. The number of halogens is 2. The molecule has 2 nitrogen and oxygen atoms in total. The van der Waals surface area contributed by atoms with Crippen LogP contribution in [-0.2, 0) is 0 Å². The molecule has 0 spiro atoms. The van der Waals surface area contributed by atoms with Crippen molar-refractivity contribution in [3.8, 4) is 0 Å². The predicted molar refractivity (Wildman–Crippen MR) is 104 cm³/mol. The highest BCUT2D eigenvalue weighted by atomic mass is 79.9. The Bertz CT molecular complexity index is 814. The lowest BCUT2D eigenvalue weighted by atomic mass is 9.93. The second-order valence-corrected chi connectivity index (χ2v) is 7.42. The summed E-state index contributed by atoms with van der Waals surface area (Å²) in [5, 5.41) is 5.37. The van der Waals surface area contributed by atoms with E-state index < -0.39 is 0 Å². The Labute approximate surface area is 153 Å². The van der Waals surface area contributed by atoms with Gasteiger partial charge in [0.15, 0.2) is 0 Å². The maximum Gasteiger partial charge on any atom is 0.0708 e. The maximum absolute atomic E-state index is 6.03. The molecule has 0 aliphatic rings. The molecule has 1 N–H and O–H groups in total. The molecule has 2 aromatic carbocycles. The first-order valence-electron chi connectivity index (χ1n) is 7.31. The van der Waals surface area contributed by atoms with E-state index in [4.69, 9.17) is 16.0 Å². The van der Waals surface area contributed by atoms with E-state index in [1.807, 2.05) is 18.2 Å². The highest BCUT2D eigenvalue weighted by Gasteiger charge is 2.19. The van der Waals surface area contributed by atoms with Gasteiger partial charge in [-0.3, -0.25) is 0 Å². The number of hydrogen-bond acceptors (Lipinski definition) is 3. The molecule has 0 amide bonds. The smallest absolute Gasteiger partial charge is 0.0708 e. The van der Waals surface area contributed by atoms with Crippen LogP contribution in [0.5, 0.6) is 0 Å². The first kappa shape index (κ1) is 16.7. The minimum atomic E-state index is 0.183. The molecule has 5 heteroatoms. The fourth-order valence-electron chi connectivity index (χ4n) is 2.58. The molecule has 0 saturated carbocycles. The molecule has 1 atom stereocenters. The largest absolute Gasteiger partial charge is 0.312 e. The number of nitrogens with zero attached hydrogens (tertiary/aromatic N) is 1. The third-order valence-corrected chi connectivity index (χ3v) is 5.27. The van der Waals surface area contributed by atoms with Gasteiger partial charge in [0.05, 0.1) is 10.4 Å². The molecule has 0 aliphatic heterocycles. The second kappa shape index (κ2) is 7.58. The first-order chi connectivity index (χ1) is 11.2. The summed E-state index contributed by atoms with van der Waals surface area (Å²) >= 11 is 11.1. The summed E-state index contributed by atoms with van der Waals surface area (Å²) in [6.07, 6.45) is 1.87. The lowest BCUT2D eigenvalue weighted by molar-refractivity contribution is 0.672. The fraction of sp³-hybridized carbons (Fsp3) is 0.167. The highest BCUT2D eigenvalue weighted by Crippen LogP contribution is 2.34. The van der Waals surface area contributed by atoms with Gasteiger partial charge in [-0.25, -0.2) is 0 Å². The van der Waals surface area contributed by atoms with Gasteiger partial charge in [0.2, 0.25) is 0 Å². The van der Waals surface area contributed by atoms with Crippen LogP contribution in [-0.4, -0.2) is 17.5 Å². The summed E-state index contributed by atoms with van der Waals surface area (Å²) < 4.78 is 7.00. The normalized spacial score (nSPS) is 12.4. The summed E-state index contributed by atoms with van der Waals surface area (Å²) in [5.41, 5.74) is 2.32. The topological polar surface area (TPSA) is 24.9 Å². The molecule has 3 rings (SSSR count). The summed E-state index contributed by atoms with van der Waals surface area (Å²) in [6.45, 7) is 5.35. The zero-order valence-electron chi connectivity index (χ0n) is 12.4. The quantitative estimate of drug-likeness (QED) is 0.424. The Balaban J connectivity index is 2.02. The van der Waals surface area contributed by atoms with Crippen molar-refractivity contribution in [3.05, 3.63) is 75.9 Å². The van der Waals surface area contributed by atoms with Crippen LogP contribution >= 0.6 is 39.1 Å². The van der Waals surface area contributed by atoms with E-state index in [0.717, 1.165) is 28.3 Å². The minimum Gasteiger partial charge on any atom is -0.312 e. The molecule has 1 heterocycles. The lowest BCUT2D eigenvalue weighted by Crippen LogP contribution is -2.22. The average Bonchev–Trinajstić information content (AvgIpc) is 2.95. The van der Waals surface area contributed by atoms with E-state index >= 15 is 0 Å². The van der Waals surface area contributed by atoms with E-state index in [2.05, 4.69) is 58.2 Å². The van der Waals surface area contributed by atoms with Crippen molar-refractivity contribution >= 4 is 49.1 Å². The van der Waals surface area contributed by atoms with Crippen LogP contribution in [0.4, 0.5) is 0 Å². The molecular formula is C18H16BrClN2S. The van der Waals surface area contributed by atoms with Crippen LogP contribution < -0.4 is 5.32 Å². The van der Waals surface area contributed by atoms with Crippen molar-refractivity contribution in [2.24, 2.45) is 0 Å². The van der Waals surface area contributed by atoms with Gasteiger partial charge in [0, 0.05) is 33.9 Å². The Morgan fingerprint density at radius 1 is 1.26 bits per heavy atom. The molecule has 0 fully saturated rings. The summed E-state index contributed by atoms with van der Waals surface area (Å²) in [4.78, 5) is 0. The number of aromatic nitrogens is 1. The molecule has 118 valence electrons. The van der Waals surface area contributed by atoms with Gasteiger partial charge in [-0.15, -0.1) is 6.58 Å². The zero-order chi connectivity index (χ0) is 16.2. The van der Waals surface area contributed by atoms with E-state index in [1.54, 1.807) is 0 Å². The van der Waals surface area contributed by atoms with Crippen LogP contribution in [0, 0.1) is 0 Å². The second-order valence-electron chi connectivity index (χ2n) is 5.26. The van der Waals surface area contributed by atoms with Crippen LogP contribution in [0.3, 0.4) is 0 Å². The lowest BCUT2D eigenvalue weighted by Gasteiger charge is -2.17. The zero-order valence-corrected chi connectivity index (χ0v) is 15.6. The minimum absolute atomic E-state index is 0.183. The van der Waals surface area contributed by atoms with Gasteiger partial charge >= 0.3 is 0 Å². The summed E-state index contributed by atoms with van der Waals surface area (Å²) in [7, 11) is 0. The molecule has 0 radical (unpaired) electrons. The molecule has 1 aromatic heterocycles. The number of rotatable bonds is 6. The fourth-order valence-corrected chi connectivity index (χ4v) is 4.09. The van der Waals surface area contributed by atoms with Gasteiger partial charge in [0.25, 0.3) is 0 Å². The Hall–Kier alpha value is -1.20. The predicted octanol–water partition coefficient (Wildman–Crippen LogP) is 5.62. The van der Waals surface area contributed by atoms with Crippen molar-refractivity contribution < 1.29 is 0 Å². The molecule has 0 bridgehead atoms. The van der Waals surface area contributed by atoms with E-state index in [-0.39, 0.29) is 5.92 Å². The van der Waals surface area contributed by atoms with Gasteiger partial charge in [-0.05, 0) is 41.4 Å². The van der Waals surface area contributed by atoms with Crippen LogP contribution in [0.15, 0.2) is 59.6 Å². The molecule has 0 saturated heterocycles. The van der Waals surface area contributed by atoms with Crippen LogP contribution in [0.2, 0.25) is 5.02 Å². The Kier molecular flexibility index (Phi) is 5.49. The highest BCUT2D eigenvalue weighted by molar-refractivity contribution is 9.10. The molecule has 23 heavy (non-hydrogen) atoms. The van der Waals surface area contributed by atoms with Crippen molar-refractivity contribution in [2.75, 3.05) is 13.1 Å². The first-order valence-corrected chi connectivity index (χ1v) is 9.25. The van der Waals surface area contributed by atoms with Crippen molar-refractivity contribution in [1.82, 2.24) is 9.69 Å². The molecule has 3 aromatic rings. The van der Waals surface area contributed by atoms with E-state index in [0.29, 0.717) is 0 Å². The third-order valence-electron chi connectivity index (χ3n) is 3.70.